The van der Waals surface area contributed by atoms with Crippen LogP contribution in [-0.2, 0) is 20.3 Å². The number of carbonyl (C=O) groups is 1. The van der Waals surface area contributed by atoms with E-state index in [0.29, 0.717) is 32.1 Å². The molecule has 6 nitrogen and oxygen atoms in total. The molecule has 0 heterocycles. The number of hydrogen-bond acceptors (Lipinski definition) is 4. The lowest BCUT2D eigenvalue weighted by atomic mass is 9.96. The molecule has 182 valence electrons. The topological polar surface area (TPSA) is 93.1 Å². The molecule has 2 rings (SSSR count). The molecule has 1 fully saturated rings. The van der Waals surface area contributed by atoms with E-state index in [1.165, 1.54) is 51.4 Å². The minimum atomic E-state index is -4.49. The zero-order valence-corrected chi connectivity index (χ0v) is 20.4. The lowest BCUT2D eigenvalue weighted by Gasteiger charge is -2.13. The van der Waals surface area contributed by atoms with Gasteiger partial charge in [-0.2, -0.15) is 0 Å². The molecule has 2 atom stereocenters. The summed E-state index contributed by atoms with van der Waals surface area (Å²) in [6.45, 7) is 2.97. The first-order valence-electron chi connectivity index (χ1n) is 12.4. The third-order valence-electron chi connectivity index (χ3n) is 6.20. The van der Waals surface area contributed by atoms with Crippen LogP contribution in [0.2, 0.25) is 0 Å². The average Bonchev–Trinajstić information content (AvgIpc) is 3.20. The van der Waals surface area contributed by atoms with Crippen molar-refractivity contribution in [2.24, 2.45) is 5.92 Å². The Kier molecular flexibility index (Phi) is 12.6. The molecule has 1 unspecified atom stereocenters. The number of unbranched alkanes of at least 4 members (excludes halogenated alkanes) is 8. The molecular weight excluding hydrogens is 427 g/mol. The minimum absolute atomic E-state index is 0.142. The van der Waals surface area contributed by atoms with Crippen molar-refractivity contribution in [1.82, 2.24) is 0 Å². The van der Waals surface area contributed by atoms with Gasteiger partial charge in [-0.25, -0.2) is 4.57 Å². The van der Waals surface area contributed by atoms with E-state index in [9.17, 15) is 9.36 Å². The van der Waals surface area contributed by atoms with E-state index >= 15 is 0 Å². The fourth-order valence-electron chi connectivity index (χ4n) is 4.39. The zero-order valence-electron chi connectivity index (χ0n) is 19.5. The highest BCUT2D eigenvalue weighted by Gasteiger charge is 2.33. The Bertz CT molecular complexity index is 716. The standard InChI is InChI=1S/C25H41O6P/c1-2-3-4-5-6-7-8-9-10-18-30-23-13-11-12-21(19-23)14-17-25(26)22-15-16-24(20-22)31-32(27,28)29/h11-13,19,22,24H,2-10,14-18,20H2,1H3,(H2,27,28,29)/t22?,24-/m1/s1. The number of ether oxygens (including phenoxy) is 1. The molecule has 2 N–H and O–H groups in total. The van der Waals surface area contributed by atoms with Crippen LogP contribution in [0.15, 0.2) is 24.3 Å². The van der Waals surface area contributed by atoms with Crippen molar-refractivity contribution in [3.8, 4) is 5.75 Å². The van der Waals surface area contributed by atoms with Crippen molar-refractivity contribution in [2.75, 3.05) is 6.61 Å². The molecule has 1 saturated carbocycles. The Morgan fingerprint density at radius 2 is 1.72 bits per heavy atom. The third kappa shape index (κ3) is 11.6. The lowest BCUT2D eigenvalue weighted by Crippen LogP contribution is -2.14. The highest BCUT2D eigenvalue weighted by Crippen LogP contribution is 2.43. The minimum Gasteiger partial charge on any atom is -0.494 e. The van der Waals surface area contributed by atoms with E-state index in [4.69, 9.17) is 19.0 Å². The van der Waals surface area contributed by atoms with Gasteiger partial charge < -0.3 is 14.5 Å². The summed E-state index contributed by atoms with van der Waals surface area (Å²) in [7, 11) is -4.49. The van der Waals surface area contributed by atoms with Crippen molar-refractivity contribution < 1.29 is 28.4 Å². The molecular formula is C25H41O6P. The fraction of sp³-hybridized carbons (Fsp3) is 0.720. The van der Waals surface area contributed by atoms with Gasteiger partial charge in [-0.1, -0.05) is 70.4 Å². The average molecular weight is 469 g/mol. The molecule has 0 aliphatic heterocycles. The molecule has 0 aromatic heterocycles. The Morgan fingerprint density at radius 3 is 2.41 bits per heavy atom. The van der Waals surface area contributed by atoms with Crippen molar-refractivity contribution in [3.63, 3.8) is 0 Å². The van der Waals surface area contributed by atoms with E-state index < -0.39 is 13.9 Å². The second-order valence-electron chi connectivity index (χ2n) is 9.02. The quantitative estimate of drug-likeness (QED) is 0.204. The molecule has 0 radical (unpaired) electrons. The summed E-state index contributed by atoms with van der Waals surface area (Å²) in [6.07, 6.45) is 13.7. The molecule has 1 aromatic rings. The molecule has 1 aliphatic rings. The number of rotatable bonds is 17. The van der Waals surface area contributed by atoms with Gasteiger partial charge in [0.25, 0.3) is 0 Å². The van der Waals surface area contributed by atoms with Crippen molar-refractivity contribution >= 4 is 13.6 Å². The molecule has 32 heavy (non-hydrogen) atoms. The lowest BCUT2D eigenvalue weighted by molar-refractivity contribution is -0.122. The van der Waals surface area contributed by atoms with Gasteiger partial charge in [0.15, 0.2) is 0 Å². The maximum absolute atomic E-state index is 12.5. The number of phosphoric acid groups is 1. The van der Waals surface area contributed by atoms with Gasteiger partial charge in [-0.15, -0.1) is 0 Å². The molecule has 0 saturated heterocycles. The van der Waals surface area contributed by atoms with Gasteiger partial charge in [-0.05, 0) is 49.8 Å². The van der Waals surface area contributed by atoms with Crippen molar-refractivity contribution in [3.05, 3.63) is 29.8 Å². The summed E-state index contributed by atoms with van der Waals surface area (Å²) in [5.74, 6) is 0.825. The number of phosphoric ester groups is 1. The smallest absolute Gasteiger partial charge is 0.469 e. The molecule has 0 bridgehead atoms. The van der Waals surface area contributed by atoms with Crippen LogP contribution >= 0.6 is 7.82 Å². The highest BCUT2D eigenvalue weighted by molar-refractivity contribution is 7.46. The molecule has 1 aromatic carbocycles. The van der Waals surface area contributed by atoms with Crippen LogP contribution < -0.4 is 4.74 Å². The van der Waals surface area contributed by atoms with Crippen LogP contribution in [0.5, 0.6) is 5.75 Å². The van der Waals surface area contributed by atoms with Gasteiger partial charge in [0, 0.05) is 12.3 Å². The SMILES string of the molecule is CCCCCCCCCCCOc1cccc(CCC(=O)C2CC[C@@H](OP(=O)(O)O)C2)c1. The first-order valence-corrected chi connectivity index (χ1v) is 13.9. The molecule has 7 heteroatoms. The van der Waals surface area contributed by atoms with E-state index in [-0.39, 0.29) is 11.7 Å². The summed E-state index contributed by atoms with van der Waals surface area (Å²) >= 11 is 0. The Balaban J connectivity index is 1.60. The predicted octanol–water partition coefficient (Wildman–Crippen LogP) is 6.38. The molecule has 0 spiro atoms. The van der Waals surface area contributed by atoms with Crippen LogP contribution in [0.3, 0.4) is 0 Å². The second kappa shape index (κ2) is 14.8. The van der Waals surface area contributed by atoms with Crippen LogP contribution in [-0.4, -0.2) is 28.3 Å². The van der Waals surface area contributed by atoms with E-state index in [1.807, 2.05) is 24.3 Å². The van der Waals surface area contributed by atoms with Crippen LogP contribution in [0.4, 0.5) is 0 Å². The van der Waals surface area contributed by atoms with Gasteiger partial charge in [0.1, 0.15) is 11.5 Å². The second-order valence-corrected chi connectivity index (χ2v) is 10.2. The molecule has 0 amide bonds. The Labute approximate surface area is 193 Å². The van der Waals surface area contributed by atoms with Gasteiger partial charge in [0.05, 0.1) is 12.7 Å². The number of aryl methyl sites for hydroxylation is 1. The van der Waals surface area contributed by atoms with E-state index in [0.717, 1.165) is 24.3 Å². The van der Waals surface area contributed by atoms with Crippen molar-refractivity contribution in [2.45, 2.75) is 103 Å². The highest BCUT2D eigenvalue weighted by atomic mass is 31.2. The normalized spacial score (nSPS) is 18.7. The van der Waals surface area contributed by atoms with Gasteiger partial charge in [-0.3, -0.25) is 9.32 Å². The largest absolute Gasteiger partial charge is 0.494 e. The number of benzene rings is 1. The Morgan fingerprint density at radius 1 is 1.03 bits per heavy atom. The van der Waals surface area contributed by atoms with Crippen LogP contribution in [0.25, 0.3) is 0 Å². The first kappa shape index (κ1) is 27.0. The van der Waals surface area contributed by atoms with Crippen LogP contribution in [0.1, 0.15) is 96.0 Å². The van der Waals surface area contributed by atoms with E-state index in [1.54, 1.807) is 0 Å². The Hall–Kier alpha value is -1.20. The number of carbonyl (C=O) groups excluding carboxylic acids is 1. The number of hydrogen-bond donors (Lipinski definition) is 2. The molecule has 1 aliphatic carbocycles. The maximum atomic E-state index is 12.5. The number of Topliss-reactive ketones (excluding diaryl/α,β-unsaturated/α-hetero) is 1. The zero-order chi connectivity index (χ0) is 23.2. The third-order valence-corrected chi connectivity index (χ3v) is 6.77. The summed E-state index contributed by atoms with van der Waals surface area (Å²) < 4.78 is 21.6. The monoisotopic (exact) mass is 468 g/mol. The fourth-order valence-corrected chi connectivity index (χ4v) is 4.97. The first-order chi connectivity index (χ1) is 15.4. The van der Waals surface area contributed by atoms with Crippen LogP contribution in [0, 0.1) is 5.92 Å². The number of ketones is 1. The summed E-state index contributed by atoms with van der Waals surface area (Å²) in [6, 6.07) is 7.94. The summed E-state index contributed by atoms with van der Waals surface area (Å²) in [5, 5.41) is 0. The van der Waals surface area contributed by atoms with Gasteiger partial charge in [0.2, 0.25) is 0 Å². The van der Waals surface area contributed by atoms with Crippen molar-refractivity contribution in [1.29, 1.82) is 0 Å². The predicted molar refractivity (Wildman–Crippen MR) is 127 cm³/mol. The van der Waals surface area contributed by atoms with Gasteiger partial charge >= 0.3 is 7.82 Å². The summed E-state index contributed by atoms with van der Waals surface area (Å²) in [5.41, 5.74) is 1.07. The maximum Gasteiger partial charge on any atom is 0.469 e. The summed E-state index contributed by atoms with van der Waals surface area (Å²) in [4.78, 5) is 30.4. The van der Waals surface area contributed by atoms with E-state index in [2.05, 4.69) is 6.92 Å².